The molecule has 0 amide bonds. The van der Waals surface area contributed by atoms with E-state index in [2.05, 4.69) is 16.2 Å². The predicted octanol–water partition coefficient (Wildman–Crippen LogP) is 7.11. The molecule has 32 heavy (non-hydrogen) atoms. The number of ether oxygens (including phenoxy) is 1. The topological polar surface area (TPSA) is 35.2 Å². The van der Waals surface area contributed by atoms with Gasteiger partial charge in [-0.2, -0.15) is 8.78 Å². The Kier molecular flexibility index (Phi) is 8.53. The largest absolute Gasteiger partial charge is 0.358 e. The molecule has 2 nitrogen and oxygen atoms in total. The number of alkyl halides is 3. The highest BCUT2D eigenvalue weighted by atomic mass is 31.0. The highest BCUT2D eigenvalue weighted by Crippen LogP contribution is 2.48. The van der Waals surface area contributed by atoms with Crippen molar-refractivity contribution in [2.24, 2.45) is 41.2 Å². The predicted molar refractivity (Wildman–Crippen MR) is 127 cm³/mol. The van der Waals surface area contributed by atoms with Crippen LogP contribution < -0.4 is 5.73 Å². The average molecular weight is 476 g/mol. The van der Waals surface area contributed by atoms with Gasteiger partial charge in [0.2, 0.25) is 0 Å². The lowest BCUT2D eigenvalue weighted by Crippen LogP contribution is -2.50. The Bertz CT molecular complexity index is 572. The molecule has 0 aromatic carbocycles. The van der Waals surface area contributed by atoms with Crippen molar-refractivity contribution in [3.63, 3.8) is 0 Å². The smallest absolute Gasteiger partial charge is 0.325 e. The molecule has 0 bridgehead atoms. The summed E-state index contributed by atoms with van der Waals surface area (Å²) in [7, 11) is 2.50. The fraction of sp³-hybridized carbons (Fsp3) is 1.00. The molecule has 0 radical (unpaired) electrons. The van der Waals surface area contributed by atoms with Crippen LogP contribution in [0.3, 0.4) is 0 Å². The minimum absolute atomic E-state index is 0.0137. The van der Waals surface area contributed by atoms with Gasteiger partial charge in [0.25, 0.3) is 0 Å². The first-order valence-corrected chi connectivity index (χ1v) is 14.1. The van der Waals surface area contributed by atoms with Crippen LogP contribution in [0.15, 0.2) is 0 Å². The van der Waals surface area contributed by atoms with Crippen molar-refractivity contribution in [2.75, 3.05) is 0 Å². The molecule has 5 atom stereocenters. The summed E-state index contributed by atoms with van der Waals surface area (Å²) in [6.45, 7) is 2.39. The zero-order valence-electron chi connectivity index (χ0n) is 19.9. The van der Waals surface area contributed by atoms with Gasteiger partial charge in [-0.15, -0.1) is 9.24 Å². The summed E-state index contributed by atoms with van der Waals surface area (Å²) in [5.41, 5.74) is 5.59. The molecular formula is C26H45F3NOP. The van der Waals surface area contributed by atoms with E-state index in [1.807, 2.05) is 0 Å². The maximum absolute atomic E-state index is 14.9. The molecule has 4 aliphatic rings. The third kappa shape index (κ3) is 6.03. The van der Waals surface area contributed by atoms with E-state index in [-0.39, 0.29) is 12.1 Å². The Hall–Kier alpha value is 0.140. The fourth-order valence-corrected chi connectivity index (χ4v) is 7.96. The Morgan fingerprint density at radius 1 is 0.750 bits per heavy atom. The summed E-state index contributed by atoms with van der Waals surface area (Å²) >= 11 is 0. The molecule has 4 fully saturated rings. The summed E-state index contributed by atoms with van der Waals surface area (Å²) in [5.74, 6) is 3.38. The molecule has 0 heterocycles. The molecular weight excluding hydrogens is 430 g/mol. The van der Waals surface area contributed by atoms with Crippen molar-refractivity contribution in [1.82, 2.24) is 0 Å². The Morgan fingerprint density at radius 2 is 1.19 bits per heavy atom. The van der Waals surface area contributed by atoms with Crippen molar-refractivity contribution in [2.45, 2.75) is 127 Å². The molecule has 4 saturated carbocycles. The highest BCUT2D eigenvalue weighted by molar-refractivity contribution is 7.17. The van der Waals surface area contributed by atoms with Gasteiger partial charge in [0.05, 0.1) is 12.0 Å². The van der Waals surface area contributed by atoms with Gasteiger partial charge in [-0.25, -0.2) is 4.39 Å². The first-order chi connectivity index (χ1) is 15.2. The lowest BCUT2D eigenvalue weighted by Gasteiger charge is -2.42. The Labute approximate surface area is 195 Å². The van der Waals surface area contributed by atoms with Crippen LogP contribution in [0.5, 0.6) is 0 Å². The molecule has 0 aliphatic heterocycles. The van der Waals surface area contributed by atoms with Crippen molar-refractivity contribution in [3.8, 4) is 0 Å². The summed E-state index contributed by atoms with van der Waals surface area (Å²) in [4.78, 5) is 0. The summed E-state index contributed by atoms with van der Waals surface area (Å²) in [5, 5.41) is 0. The molecule has 186 valence electrons. The standard InChI is InChI=1S/C26H45F3NOP/c1-16-2-4-17(5-3-16)18-6-8-19(9-7-18)20-10-12-21(13-11-20)26(28,29)31-22-14-23(27)25(30)24(32)15-22/h16-25H,2-15,30,32H2,1H3. The van der Waals surface area contributed by atoms with Crippen LogP contribution in [-0.2, 0) is 4.74 Å². The van der Waals surface area contributed by atoms with E-state index >= 15 is 0 Å². The number of hydrogen-bond acceptors (Lipinski definition) is 2. The molecule has 6 heteroatoms. The number of nitrogens with two attached hydrogens (primary N) is 1. The van der Waals surface area contributed by atoms with E-state index < -0.39 is 30.3 Å². The van der Waals surface area contributed by atoms with Gasteiger partial charge in [-0.1, -0.05) is 19.8 Å². The second-order valence-corrected chi connectivity index (χ2v) is 12.7. The van der Waals surface area contributed by atoms with Crippen LogP contribution in [0.1, 0.15) is 96.8 Å². The summed E-state index contributed by atoms with van der Waals surface area (Å²) < 4.78 is 49.1. The lowest BCUT2D eigenvalue weighted by molar-refractivity contribution is -0.303. The minimum Gasteiger partial charge on any atom is -0.325 e. The van der Waals surface area contributed by atoms with Crippen molar-refractivity contribution in [1.29, 1.82) is 0 Å². The van der Waals surface area contributed by atoms with Crippen molar-refractivity contribution in [3.05, 3.63) is 0 Å². The molecule has 4 rings (SSSR count). The SMILES string of the molecule is CC1CCC(C2CCC(C3CCC(C(F)(F)OC4CC(F)C(N)C(P)C4)CC3)CC2)CC1. The maximum atomic E-state index is 14.9. The molecule has 0 spiro atoms. The fourth-order valence-electron chi connectivity index (χ4n) is 7.42. The van der Waals surface area contributed by atoms with Gasteiger partial charge in [-0.3, -0.25) is 0 Å². The first-order valence-electron chi connectivity index (χ1n) is 13.4. The number of rotatable bonds is 5. The average Bonchev–Trinajstić information content (AvgIpc) is 2.78. The van der Waals surface area contributed by atoms with Gasteiger partial charge in [0, 0.05) is 12.5 Å². The van der Waals surface area contributed by atoms with E-state index in [4.69, 9.17) is 10.5 Å². The molecule has 2 N–H and O–H groups in total. The van der Waals surface area contributed by atoms with Crippen LogP contribution in [-0.4, -0.2) is 30.1 Å². The summed E-state index contributed by atoms with van der Waals surface area (Å²) in [6.07, 6.45) is 9.04. The van der Waals surface area contributed by atoms with E-state index in [9.17, 15) is 13.2 Å². The third-order valence-corrected chi connectivity index (χ3v) is 10.4. The van der Waals surface area contributed by atoms with Gasteiger partial charge in [-0.05, 0) is 106 Å². The van der Waals surface area contributed by atoms with Crippen LogP contribution in [0.2, 0.25) is 0 Å². The molecule has 0 saturated heterocycles. The van der Waals surface area contributed by atoms with Gasteiger partial charge >= 0.3 is 6.11 Å². The van der Waals surface area contributed by atoms with Crippen molar-refractivity contribution >= 4 is 9.24 Å². The number of halogens is 3. The quantitative estimate of drug-likeness (QED) is 0.430. The second kappa shape index (κ2) is 10.8. The van der Waals surface area contributed by atoms with Gasteiger partial charge in [0.1, 0.15) is 6.17 Å². The Balaban J connectivity index is 1.20. The molecule has 0 aromatic rings. The van der Waals surface area contributed by atoms with Crippen molar-refractivity contribution < 1.29 is 17.9 Å². The number of hydrogen-bond donors (Lipinski definition) is 1. The summed E-state index contributed by atoms with van der Waals surface area (Å²) in [6, 6.07) is -0.597. The van der Waals surface area contributed by atoms with E-state index in [1.54, 1.807) is 0 Å². The highest BCUT2D eigenvalue weighted by Gasteiger charge is 2.47. The lowest BCUT2D eigenvalue weighted by atomic mass is 9.65. The third-order valence-electron chi connectivity index (χ3n) is 9.72. The first kappa shape index (κ1) is 25.2. The van der Waals surface area contributed by atoms with E-state index in [1.165, 1.54) is 51.4 Å². The molecule has 0 aromatic heterocycles. The van der Waals surface area contributed by atoms with Gasteiger partial charge in [0.15, 0.2) is 0 Å². The minimum atomic E-state index is -3.16. The maximum Gasteiger partial charge on any atom is 0.358 e. The van der Waals surface area contributed by atoms with Gasteiger partial charge < -0.3 is 10.5 Å². The van der Waals surface area contributed by atoms with Crippen LogP contribution in [0, 0.1) is 35.5 Å². The van der Waals surface area contributed by atoms with Crippen LogP contribution in [0.25, 0.3) is 0 Å². The normalized spacial score (nSPS) is 46.7. The second-order valence-electron chi connectivity index (χ2n) is 11.8. The molecule has 5 unspecified atom stereocenters. The zero-order chi connectivity index (χ0) is 22.9. The molecule has 4 aliphatic carbocycles. The monoisotopic (exact) mass is 475 g/mol. The zero-order valence-corrected chi connectivity index (χ0v) is 21.0. The van der Waals surface area contributed by atoms with E-state index in [0.29, 0.717) is 25.2 Å². The van der Waals surface area contributed by atoms with Crippen LogP contribution >= 0.6 is 9.24 Å². The van der Waals surface area contributed by atoms with E-state index in [0.717, 1.165) is 36.5 Å². The van der Waals surface area contributed by atoms with Crippen LogP contribution in [0.4, 0.5) is 13.2 Å². The Morgan fingerprint density at radius 3 is 1.66 bits per heavy atom.